The third kappa shape index (κ3) is 2.77. The number of hydrogen-bond donors (Lipinski definition) is 4. The van der Waals surface area contributed by atoms with Gasteiger partial charge < -0.3 is 21.1 Å². The molecule has 0 aliphatic carbocycles. The van der Waals surface area contributed by atoms with Crippen LogP contribution in [0.15, 0.2) is 18.2 Å². The quantitative estimate of drug-likeness (QED) is 0.569. The maximum absolute atomic E-state index is 9.38. The van der Waals surface area contributed by atoms with Crippen molar-refractivity contribution < 1.29 is 15.3 Å². The predicted molar refractivity (Wildman–Crippen MR) is 55.7 cm³/mol. The Labute approximate surface area is 88.4 Å². The molecule has 14 heavy (non-hydrogen) atoms. The lowest BCUT2D eigenvalue weighted by molar-refractivity contribution is 0.275. The van der Waals surface area contributed by atoms with Crippen molar-refractivity contribution in [1.82, 2.24) is 0 Å². The van der Waals surface area contributed by atoms with Gasteiger partial charge in [-0.25, -0.2) is 0 Å². The molecule has 1 aromatic carbocycles. The number of aliphatic hydroxyl groups is 1. The third-order valence-electron chi connectivity index (χ3n) is 1.89. The first-order valence-electron chi connectivity index (χ1n) is 4.04. The second-order valence-corrected chi connectivity index (χ2v) is 2.83. The topological polar surface area (TPSA) is 86.7 Å². The summed E-state index contributed by atoms with van der Waals surface area (Å²) in [7, 11) is 0. The number of hydrogen-bond acceptors (Lipinski definition) is 4. The molecule has 80 valence electrons. The number of aliphatic hydroxyl groups excluding tert-OH is 1. The van der Waals surface area contributed by atoms with Gasteiger partial charge in [-0.2, -0.15) is 0 Å². The van der Waals surface area contributed by atoms with Gasteiger partial charge in [0.05, 0.1) is 0 Å². The first kappa shape index (κ1) is 13.0. The fourth-order valence-electron chi connectivity index (χ4n) is 1.14. The Morgan fingerprint density at radius 1 is 1.29 bits per heavy atom. The molecule has 5 heteroatoms. The summed E-state index contributed by atoms with van der Waals surface area (Å²) in [6.45, 7) is -0.0454. The molecule has 0 spiro atoms. The van der Waals surface area contributed by atoms with Crippen LogP contribution in [-0.4, -0.2) is 21.9 Å². The number of halogens is 1. The summed E-state index contributed by atoms with van der Waals surface area (Å²) in [5, 5.41) is 27.2. The molecule has 1 aromatic rings. The monoisotopic (exact) mass is 219 g/mol. The highest BCUT2D eigenvalue weighted by Crippen LogP contribution is 2.32. The van der Waals surface area contributed by atoms with Crippen molar-refractivity contribution in [3.63, 3.8) is 0 Å². The molecule has 0 saturated carbocycles. The lowest BCUT2D eigenvalue weighted by Gasteiger charge is -2.12. The Balaban J connectivity index is 0.00000169. The number of rotatable bonds is 3. The van der Waals surface area contributed by atoms with E-state index in [0.717, 1.165) is 0 Å². The van der Waals surface area contributed by atoms with Crippen molar-refractivity contribution in [2.75, 3.05) is 6.61 Å². The molecule has 4 nitrogen and oxygen atoms in total. The maximum atomic E-state index is 9.38. The SMILES string of the molecule is Cl.N[C@@H](CCO)c1cccc(O)c1O. The van der Waals surface area contributed by atoms with E-state index in [4.69, 9.17) is 15.9 Å². The van der Waals surface area contributed by atoms with Crippen LogP contribution in [0.5, 0.6) is 11.5 Å². The van der Waals surface area contributed by atoms with E-state index in [-0.39, 0.29) is 30.5 Å². The Bertz CT molecular complexity index is 293. The molecule has 5 N–H and O–H groups in total. The molecule has 0 fully saturated rings. The van der Waals surface area contributed by atoms with Crippen LogP contribution in [0, 0.1) is 0 Å². The zero-order chi connectivity index (χ0) is 9.84. The minimum atomic E-state index is -0.447. The number of phenols is 2. The van der Waals surface area contributed by atoms with Gasteiger partial charge in [0.1, 0.15) is 0 Å². The summed E-state index contributed by atoms with van der Waals surface area (Å²) in [6, 6.07) is 4.15. The fourth-order valence-corrected chi connectivity index (χ4v) is 1.14. The molecular weight excluding hydrogens is 206 g/mol. The van der Waals surface area contributed by atoms with Crippen LogP contribution in [-0.2, 0) is 0 Å². The first-order chi connectivity index (χ1) is 6.16. The average Bonchev–Trinajstić information content (AvgIpc) is 2.10. The second-order valence-electron chi connectivity index (χ2n) is 2.83. The largest absolute Gasteiger partial charge is 0.504 e. The van der Waals surface area contributed by atoms with Crippen molar-refractivity contribution in [2.24, 2.45) is 5.73 Å². The standard InChI is InChI=1S/C9H13NO3.ClH/c10-7(4-5-11)6-2-1-3-8(12)9(6)13;/h1-3,7,11-13H,4-5,10H2;1H/t7-;/m0./s1. The van der Waals surface area contributed by atoms with Gasteiger partial charge in [-0.15, -0.1) is 12.4 Å². The smallest absolute Gasteiger partial charge is 0.162 e. The zero-order valence-corrected chi connectivity index (χ0v) is 8.37. The van der Waals surface area contributed by atoms with Gasteiger partial charge in [0.15, 0.2) is 11.5 Å². The Hall–Kier alpha value is -0.970. The van der Waals surface area contributed by atoms with Gasteiger partial charge in [0.2, 0.25) is 0 Å². The van der Waals surface area contributed by atoms with Gasteiger partial charge >= 0.3 is 0 Å². The number of aromatic hydroxyl groups is 2. The molecule has 0 unspecified atom stereocenters. The number of benzene rings is 1. The molecule has 0 saturated heterocycles. The van der Waals surface area contributed by atoms with Crippen molar-refractivity contribution in [1.29, 1.82) is 0 Å². The summed E-state index contributed by atoms with van der Waals surface area (Å²) in [4.78, 5) is 0. The highest BCUT2D eigenvalue weighted by Gasteiger charge is 2.12. The second kappa shape index (κ2) is 5.70. The summed E-state index contributed by atoms with van der Waals surface area (Å²) in [5.74, 6) is -0.394. The van der Waals surface area contributed by atoms with Gasteiger partial charge in [-0.05, 0) is 12.5 Å². The summed E-state index contributed by atoms with van der Waals surface area (Å²) in [6.07, 6.45) is 0.358. The van der Waals surface area contributed by atoms with Crippen LogP contribution < -0.4 is 5.73 Å². The van der Waals surface area contributed by atoms with E-state index < -0.39 is 6.04 Å². The molecule has 0 radical (unpaired) electrons. The molecule has 0 aliphatic heterocycles. The Morgan fingerprint density at radius 3 is 2.50 bits per heavy atom. The number of nitrogens with two attached hydrogens (primary N) is 1. The van der Waals surface area contributed by atoms with E-state index in [2.05, 4.69) is 0 Å². The molecule has 1 atom stereocenters. The molecule has 0 amide bonds. The molecule has 1 rings (SSSR count). The van der Waals surface area contributed by atoms with Crippen molar-refractivity contribution in [3.8, 4) is 11.5 Å². The lowest BCUT2D eigenvalue weighted by atomic mass is 10.0. The van der Waals surface area contributed by atoms with E-state index >= 15 is 0 Å². The third-order valence-corrected chi connectivity index (χ3v) is 1.89. The van der Waals surface area contributed by atoms with E-state index in [1.807, 2.05) is 0 Å². The average molecular weight is 220 g/mol. The Morgan fingerprint density at radius 2 is 1.93 bits per heavy atom. The van der Waals surface area contributed by atoms with Crippen LogP contribution in [0.25, 0.3) is 0 Å². The van der Waals surface area contributed by atoms with Crippen LogP contribution in [0.4, 0.5) is 0 Å². The molecule has 0 aromatic heterocycles. The van der Waals surface area contributed by atoms with Crippen LogP contribution in [0.3, 0.4) is 0 Å². The molecule has 0 bridgehead atoms. The van der Waals surface area contributed by atoms with Crippen LogP contribution in [0.1, 0.15) is 18.0 Å². The molecule has 0 aliphatic rings. The number of para-hydroxylation sites is 1. The summed E-state index contributed by atoms with van der Waals surface area (Å²) in [5.41, 5.74) is 6.10. The predicted octanol–water partition coefficient (Wildman–Crippen LogP) is 0.902. The molecule has 0 heterocycles. The minimum Gasteiger partial charge on any atom is -0.504 e. The Kier molecular flexibility index (Phi) is 5.30. The van der Waals surface area contributed by atoms with Gasteiger partial charge in [0.25, 0.3) is 0 Å². The molecular formula is C9H14ClNO3. The summed E-state index contributed by atoms with van der Waals surface area (Å²) >= 11 is 0. The first-order valence-corrected chi connectivity index (χ1v) is 4.04. The highest BCUT2D eigenvalue weighted by molar-refractivity contribution is 5.85. The van der Waals surface area contributed by atoms with E-state index in [0.29, 0.717) is 12.0 Å². The van der Waals surface area contributed by atoms with Gasteiger partial charge in [0, 0.05) is 18.2 Å². The highest BCUT2D eigenvalue weighted by atomic mass is 35.5. The van der Waals surface area contributed by atoms with Crippen LogP contribution >= 0.6 is 12.4 Å². The van der Waals surface area contributed by atoms with Crippen molar-refractivity contribution in [2.45, 2.75) is 12.5 Å². The van der Waals surface area contributed by atoms with Gasteiger partial charge in [-0.1, -0.05) is 12.1 Å². The maximum Gasteiger partial charge on any atom is 0.162 e. The van der Waals surface area contributed by atoms with Crippen molar-refractivity contribution >= 4 is 12.4 Å². The lowest BCUT2D eigenvalue weighted by Crippen LogP contribution is -2.11. The minimum absolute atomic E-state index is 0. The fraction of sp³-hybridized carbons (Fsp3) is 0.333. The van der Waals surface area contributed by atoms with Crippen LogP contribution in [0.2, 0.25) is 0 Å². The van der Waals surface area contributed by atoms with E-state index in [1.54, 1.807) is 12.1 Å². The van der Waals surface area contributed by atoms with Gasteiger partial charge in [-0.3, -0.25) is 0 Å². The van der Waals surface area contributed by atoms with Crippen molar-refractivity contribution in [3.05, 3.63) is 23.8 Å². The zero-order valence-electron chi connectivity index (χ0n) is 7.55. The normalized spacial score (nSPS) is 11.9. The van der Waals surface area contributed by atoms with E-state index in [1.165, 1.54) is 6.07 Å². The number of phenolic OH excluding ortho intramolecular Hbond substituents is 2. The van der Waals surface area contributed by atoms with E-state index in [9.17, 15) is 5.11 Å². The summed E-state index contributed by atoms with van der Waals surface area (Å²) < 4.78 is 0.